The van der Waals surface area contributed by atoms with E-state index in [-0.39, 0.29) is 41.6 Å². The van der Waals surface area contributed by atoms with Crippen molar-refractivity contribution in [3.05, 3.63) is 35.4 Å². The van der Waals surface area contributed by atoms with E-state index in [0.717, 1.165) is 74.4 Å². The lowest BCUT2D eigenvalue weighted by Crippen LogP contribution is -2.51. The zero-order chi connectivity index (χ0) is 33.8. The standard InChI is InChI=1S/C34H52N8O5/c1-19(2)28(37-21(5)43)32(44)41-15-7-9-26(41)30-35-17-24(38-30)22-11-13-23(14-12-22)25-18-36-31(39-25)27-10-8-16-42(27)33(45)29(20(3)4)40-34(46)47-6/h17-20,22-23,26-29H,7-16H2,1-6H3,(H,35,38)(H,36,39)(H,37,43)(H,40,46)/t22?,23?,26-,27-,28-,29?/m1/s1. The van der Waals surface area contributed by atoms with Crippen molar-refractivity contribution in [3.8, 4) is 0 Å². The third-order valence-electron chi connectivity index (χ3n) is 10.2. The quantitative estimate of drug-likeness (QED) is 0.295. The van der Waals surface area contributed by atoms with Gasteiger partial charge in [-0.25, -0.2) is 14.8 Å². The Bertz CT molecular complexity index is 1410. The summed E-state index contributed by atoms with van der Waals surface area (Å²) in [5, 5.41) is 5.55. The third-order valence-corrected chi connectivity index (χ3v) is 10.2. The predicted molar refractivity (Wildman–Crippen MR) is 175 cm³/mol. The van der Waals surface area contributed by atoms with E-state index in [4.69, 9.17) is 14.7 Å². The fraction of sp³-hybridized carbons (Fsp3) is 0.706. The van der Waals surface area contributed by atoms with Crippen LogP contribution in [0.4, 0.5) is 4.79 Å². The van der Waals surface area contributed by atoms with Gasteiger partial charge in [-0.1, -0.05) is 27.7 Å². The first-order chi connectivity index (χ1) is 22.5. The van der Waals surface area contributed by atoms with Gasteiger partial charge in [0.1, 0.15) is 23.7 Å². The monoisotopic (exact) mass is 652 g/mol. The van der Waals surface area contributed by atoms with Gasteiger partial charge in [-0.2, -0.15) is 0 Å². The number of carbonyl (C=O) groups excluding carboxylic acids is 4. The Morgan fingerprint density at radius 3 is 1.55 bits per heavy atom. The number of nitrogens with one attached hydrogen (secondary N) is 4. The molecule has 1 unspecified atom stereocenters. The van der Waals surface area contributed by atoms with Crippen LogP contribution in [-0.2, 0) is 19.1 Å². The summed E-state index contributed by atoms with van der Waals surface area (Å²) in [5.74, 6) is 1.91. The van der Waals surface area contributed by atoms with E-state index in [1.165, 1.54) is 14.0 Å². The zero-order valence-corrected chi connectivity index (χ0v) is 28.7. The topological polar surface area (TPSA) is 165 Å². The Labute approximate surface area is 277 Å². The molecule has 3 fully saturated rings. The molecule has 47 heavy (non-hydrogen) atoms. The Hall–Kier alpha value is -3.90. The molecular weight excluding hydrogens is 600 g/mol. The summed E-state index contributed by atoms with van der Waals surface area (Å²) in [6.07, 6.45) is 10.8. The van der Waals surface area contributed by atoms with Gasteiger partial charge in [0.2, 0.25) is 17.7 Å². The second-order valence-corrected chi connectivity index (χ2v) is 14.2. The van der Waals surface area contributed by atoms with Crippen molar-refractivity contribution in [1.29, 1.82) is 0 Å². The van der Waals surface area contributed by atoms with Gasteiger partial charge in [-0.05, 0) is 63.2 Å². The number of aromatic nitrogens is 4. The highest BCUT2D eigenvalue weighted by molar-refractivity contribution is 5.88. The van der Waals surface area contributed by atoms with E-state index in [9.17, 15) is 19.2 Å². The number of amides is 4. The number of hydrogen-bond donors (Lipinski definition) is 4. The minimum absolute atomic E-state index is 0.00638. The molecule has 3 aliphatic rings. The van der Waals surface area contributed by atoms with Crippen molar-refractivity contribution >= 4 is 23.8 Å². The van der Waals surface area contributed by atoms with Gasteiger partial charge in [-0.15, -0.1) is 0 Å². The number of methoxy groups -OCH3 is 1. The summed E-state index contributed by atoms with van der Waals surface area (Å²) in [5.41, 5.74) is 2.22. The summed E-state index contributed by atoms with van der Waals surface area (Å²) in [6.45, 7) is 10.5. The third kappa shape index (κ3) is 7.65. The van der Waals surface area contributed by atoms with Crippen LogP contribution in [0, 0.1) is 11.8 Å². The van der Waals surface area contributed by atoms with Gasteiger partial charge in [0, 0.05) is 55.6 Å². The van der Waals surface area contributed by atoms with Crippen molar-refractivity contribution in [2.45, 2.75) is 122 Å². The maximum absolute atomic E-state index is 13.5. The number of alkyl carbamates (subject to hydrolysis) is 1. The molecule has 0 bridgehead atoms. The average Bonchev–Trinajstić information content (AvgIpc) is 3.87. The smallest absolute Gasteiger partial charge is 0.407 e. The summed E-state index contributed by atoms with van der Waals surface area (Å²) in [6, 6.07) is -1.46. The minimum Gasteiger partial charge on any atom is -0.453 e. The van der Waals surface area contributed by atoms with Crippen LogP contribution in [0.1, 0.15) is 133 Å². The Kier molecular flexibility index (Phi) is 10.9. The predicted octanol–water partition coefficient (Wildman–Crippen LogP) is 4.44. The Morgan fingerprint density at radius 1 is 0.745 bits per heavy atom. The van der Waals surface area contributed by atoms with E-state index in [0.29, 0.717) is 24.9 Å². The number of carbonyl (C=O) groups is 4. The normalized spacial score (nSPS) is 24.4. The molecule has 5 rings (SSSR count). The summed E-state index contributed by atoms with van der Waals surface area (Å²) in [4.78, 5) is 71.0. The van der Waals surface area contributed by atoms with Gasteiger partial charge in [0.25, 0.3) is 0 Å². The van der Waals surface area contributed by atoms with Crippen LogP contribution < -0.4 is 10.6 Å². The van der Waals surface area contributed by atoms with Crippen LogP contribution in [-0.4, -0.2) is 85.8 Å². The number of H-pyrrole nitrogens is 2. The van der Waals surface area contributed by atoms with Crippen LogP contribution in [0.2, 0.25) is 0 Å². The van der Waals surface area contributed by atoms with Crippen molar-refractivity contribution in [3.63, 3.8) is 0 Å². The average molecular weight is 653 g/mol. The van der Waals surface area contributed by atoms with Crippen LogP contribution >= 0.6 is 0 Å². The maximum Gasteiger partial charge on any atom is 0.407 e. The van der Waals surface area contributed by atoms with Crippen LogP contribution in [0.3, 0.4) is 0 Å². The molecule has 1 saturated carbocycles. The SMILES string of the molecule is COC(=O)NC(C(=O)N1CCC[C@@H]1c1ncc(C2CCC(c3cnc([C@H]4CCCN4C(=O)[C@H](NC(C)=O)C(C)C)[nH]3)CC2)[nH]1)C(C)C. The van der Waals surface area contributed by atoms with Crippen molar-refractivity contribution in [1.82, 2.24) is 40.4 Å². The Balaban J connectivity index is 1.19. The molecule has 2 saturated heterocycles. The number of likely N-dealkylation sites (tertiary alicyclic amines) is 2. The molecule has 0 spiro atoms. The molecule has 0 radical (unpaired) electrons. The molecule has 258 valence electrons. The highest BCUT2D eigenvalue weighted by Crippen LogP contribution is 2.41. The molecule has 13 heteroatoms. The number of ether oxygens (including phenoxy) is 1. The highest BCUT2D eigenvalue weighted by Gasteiger charge is 2.39. The molecule has 2 aliphatic heterocycles. The van der Waals surface area contributed by atoms with E-state index < -0.39 is 18.2 Å². The molecule has 2 aromatic rings. The molecule has 4 atom stereocenters. The second kappa shape index (κ2) is 14.9. The minimum atomic E-state index is -0.659. The number of aromatic amines is 2. The van der Waals surface area contributed by atoms with Gasteiger partial charge in [-0.3, -0.25) is 14.4 Å². The molecule has 1 aliphatic carbocycles. The van der Waals surface area contributed by atoms with E-state index >= 15 is 0 Å². The maximum atomic E-state index is 13.5. The fourth-order valence-electron chi connectivity index (χ4n) is 7.59. The van der Waals surface area contributed by atoms with Gasteiger partial charge < -0.3 is 35.1 Å². The highest BCUT2D eigenvalue weighted by atomic mass is 16.5. The van der Waals surface area contributed by atoms with Gasteiger partial charge in [0.05, 0.1) is 19.2 Å². The molecule has 4 heterocycles. The number of hydrogen-bond acceptors (Lipinski definition) is 7. The molecule has 2 aromatic heterocycles. The first-order valence-corrected chi connectivity index (χ1v) is 17.3. The lowest BCUT2D eigenvalue weighted by molar-refractivity contribution is -0.138. The first kappa shape index (κ1) is 34.4. The summed E-state index contributed by atoms with van der Waals surface area (Å²) >= 11 is 0. The molecule has 4 N–H and O–H groups in total. The first-order valence-electron chi connectivity index (χ1n) is 17.3. The Morgan fingerprint density at radius 2 is 1.17 bits per heavy atom. The zero-order valence-electron chi connectivity index (χ0n) is 28.7. The second-order valence-electron chi connectivity index (χ2n) is 14.2. The molecule has 4 amide bonds. The molecule has 13 nitrogen and oxygen atoms in total. The molecular formula is C34H52N8O5. The van der Waals surface area contributed by atoms with Crippen molar-refractivity contribution < 1.29 is 23.9 Å². The van der Waals surface area contributed by atoms with Crippen LogP contribution in [0.5, 0.6) is 0 Å². The van der Waals surface area contributed by atoms with Crippen molar-refractivity contribution in [2.75, 3.05) is 20.2 Å². The number of imidazole rings is 2. The summed E-state index contributed by atoms with van der Waals surface area (Å²) < 4.78 is 4.75. The van der Waals surface area contributed by atoms with Crippen LogP contribution in [0.25, 0.3) is 0 Å². The van der Waals surface area contributed by atoms with E-state index in [1.54, 1.807) is 0 Å². The van der Waals surface area contributed by atoms with Gasteiger partial charge in [0.15, 0.2) is 0 Å². The largest absolute Gasteiger partial charge is 0.453 e. The molecule has 0 aromatic carbocycles. The van der Waals surface area contributed by atoms with Crippen molar-refractivity contribution in [2.24, 2.45) is 11.8 Å². The van der Waals surface area contributed by atoms with Crippen LogP contribution in [0.15, 0.2) is 12.4 Å². The van der Waals surface area contributed by atoms with E-state index in [1.807, 2.05) is 49.9 Å². The lowest BCUT2D eigenvalue weighted by Gasteiger charge is -2.30. The number of rotatable bonds is 10. The van der Waals surface area contributed by atoms with E-state index in [2.05, 4.69) is 20.6 Å². The summed E-state index contributed by atoms with van der Waals surface area (Å²) in [7, 11) is 1.30. The lowest BCUT2D eigenvalue weighted by atomic mass is 9.79. The fourth-order valence-corrected chi connectivity index (χ4v) is 7.59. The van der Waals surface area contributed by atoms with Gasteiger partial charge >= 0.3 is 6.09 Å². The number of nitrogens with zero attached hydrogens (tertiary/aromatic N) is 4.